The van der Waals surface area contributed by atoms with Crippen LogP contribution in [0.1, 0.15) is 22.5 Å². The van der Waals surface area contributed by atoms with Gasteiger partial charge in [0, 0.05) is 60.6 Å². The molecule has 2 aliphatic heterocycles. The summed E-state index contributed by atoms with van der Waals surface area (Å²) in [5.74, 6) is 0.588. The van der Waals surface area contributed by atoms with Gasteiger partial charge >= 0.3 is 0 Å². The average molecular weight is 474 g/mol. The van der Waals surface area contributed by atoms with E-state index in [2.05, 4.69) is 37.3 Å². The van der Waals surface area contributed by atoms with Gasteiger partial charge in [0.1, 0.15) is 11.9 Å². The Labute approximate surface area is 193 Å². The predicted molar refractivity (Wildman–Crippen MR) is 121 cm³/mol. The molecule has 0 spiro atoms. The van der Waals surface area contributed by atoms with Crippen LogP contribution in [0.15, 0.2) is 51.3 Å². The van der Waals surface area contributed by atoms with Gasteiger partial charge in [0.25, 0.3) is 0 Å². The van der Waals surface area contributed by atoms with Gasteiger partial charge in [-0.25, -0.2) is 9.37 Å². The van der Waals surface area contributed by atoms with Crippen molar-refractivity contribution in [2.24, 2.45) is 4.99 Å². The summed E-state index contributed by atoms with van der Waals surface area (Å²) in [5, 5.41) is 14.4. The standard InChI is InChI=1S/C21H21ClFN7OS/c1-29-5-7-30(8-6-29)11-16-17(20-28-25-12-31-20)18(14-3-2-13(23)10-15(14)22)27-19(26-16)21-24-4-9-32-21/h2-4,9-10,12,18H,5-8,11H2,1H3,(H,26,27). The Bertz CT molecular complexity index is 1140. The van der Waals surface area contributed by atoms with Crippen LogP contribution >= 0.6 is 22.9 Å². The van der Waals surface area contributed by atoms with Crippen LogP contribution in [0.2, 0.25) is 5.02 Å². The molecule has 5 rings (SSSR count). The molecule has 0 bridgehead atoms. The van der Waals surface area contributed by atoms with E-state index in [0.29, 0.717) is 23.8 Å². The molecular weight excluding hydrogens is 453 g/mol. The molecule has 0 radical (unpaired) electrons. The molecule has 1 N–H and O–H groups in total. The van der Waals surface area contributed by atoms with Crippen LogP contribution in [0, 0.1) is 5.82 Å². The fourth-order valence-electron chi connectivity index (χ4n) is 3.89. The van der Waals surface area contributed by atoms with Gasteiger partial charge in [0.05, 0.1) is 5.57 Å². The number of rotatable bonds is 5. The lowest BCUT2D eigenvalue weighted by molar-refractivity contribution is 0.163. The molecular formula is C21H21ClFN7OS. The number of hydrogen-bond acceptors (Lipinski definition) is 9. The first-order valence-electron chi connectivity index (χ1n) is 10.2. The monoisotopic (exact) mass is 473 g/mol. The smallest absolute Gasteiger partial charge is 0.247 e. The highest BCUT2D eigenvalue weighted by Gasteiger charge is 2.33. The Morgan fingerprint density at radius 2 is 2.12 bits per heavy atom. The van der Waals surface area contributed by atoms with E-state index in [0.717, 1.165) is 42.5 Å². The van der Waals surface area contributed by atoms with E-state index in [1.165, 1.54) is 29.9 Å². The van der Waals surface area contributed by atoms with E-state index >= 15 is 0 Å². The first kappa shape index (κ1) is 21.2. The Balaban J connectivity index is 1.62. The van der Waals surface area contributed by atoms with Crippen LogP contribution in [0.3, 0.4) is 0 Å². The van der Waals surface area contributed by atoms with E-state index < -0.39 is 11.9 Å². The number of aliphatic imine (C=N–C) groups is 1. The average Bonchev–Trinajstić information content (AvgIpc) is 3.49. The first-order chi connectivity index (χ1) is 15.6. The third-order valence-corrected chi connectivity index (χ3v) is 6.69. The first-order valence-corrected chi connectivity index (χ1v) is 11.4. The summed E-state index contributed by atoms with van der Waals surface area (Å²) >= 11 is 7.96. The molecule has 2 aliphatic rings. The number of nitrogens with zero attached hydrogens (tertiary/aromatic N) is 6. The Morgan fingerprint density at radius 3 is 2.81 bits per heavy atom. The molecule has 0 saturated carbocycles. The van der Waals surface area contributed by atoms with Crippen LogP contribution in [0.5, 0.6) is 0 Å². The van der Waals surface area contributed by atoms with Gasteiger partial charge in [0.15, 0.2) is 10.8 Å². The molecule has 8 nitrogen and oxygen atoms in total. The summed E-state index contributed by atoms with van der Waals surface area (Å²) in [6.45, 7) is 4.49. The van der Waals surface area contributed by atoms with Crippen molar-refractivity contribution >= 4 is 34.3 Å². The molecule has 32 heavy (non-hydrogen) atoms. The van der Waals surface area contributed by atoms with Crippen LogP contribution in [-0.2, 0) is 0 Å². The number of likely N-dealkylation sites (N-methyl/N-ethyl adjacent to an activating group) is 1. The van der Waals surface area contributed by atoms with Gasteiger partial charge in [-0.05, 0) is 19.2 Å². The minimum atomic E-state index is -0.550. The Kier molecular flexibility index (Phi) is 6.01. The van der Waals surface area contributed by atoms with Crippen LogP contribution in [0.25, 0.3) is 5.57 Å². The van der Waals surface area contributed by atoms with Gasteiger partial charge in [-0.1, -0.05) is 17.7 Å². The second-order valence-electron chi connectivity index (χ2n) is 7.72. The van der Waals surface area contributed by atoms with E-state index in [9.17, 15) is 4.39 Å². The lowest BCUT2D eigenvalue weighted by Gasteiger charge is -2.35. The molecule has 0 amide bonds. The van der Waals surface area contributed by atoms with Crippen molar-refractivity contribution in [3.63, 3.8) is 0 Å². The summed E-state index contributed by atoms with van der Waals surface area (Å²) in [6.07, 6.45) is 3.03. The second kappa shape index (κ2) is 9.07. The van der Waals surface area contributed by atoms with Crippen LogP contribution < -0.4 is 5.32 Å². The summed E-state index contributed by atoms with van der Waals surface area (Å²) in [7, 11) is 2.12. The van der Waals surface area contributed by atoms with Crippen molar-refractivity contribution in [3.8, 4) is 0 Å². The maximum atomic E-state index is 13.8. The normalized spacial score (nSPS) is 20.3. The van der Waals surface area contributed by atoms with Crippen molar-refractivity contribution in [1.29, 1.82) is 0 Å². The van der Waals surface area contributed by atoms with Crippen molar-refractivity contribution in [1.82, 2.24) is 30.3 Å². The quantitative estimate of drug-likeness (QED) is 0.609. The number of thiazole rings is 1. The zero-order chi connectivity index (χ0) is 22.1. The second-order valence-corrected chi connectivity index (χ2v) is 9.03. The Morgan fingerprint density at radius 1 is 1.28 bits per heavy atom. The molecule has 1 saturated heterocycles. The minimum absolute atomic E-state index is 0.287. The molecule has 1 unspecified atom stereocenters. The highest BCUT2D eigenvalue weighted by molar-refractivity contribution is 7.11. The number of amidine groups is 1. The molecule has 4 heterocycles. The largest absolute Gasteiger partial charge is 0.424 e. The minimum Gasteiger partial charge on any atom is -0.424 e. The summed E-state index contributed by atoms with van der Waals surface area (Å²) < 4.78 is 19.4. The van der Waals surface area contributed by atoms with Crippen molar-refractivity contribution < 1.29 is 8.81 Å². The molecule has 11 heteroatoms. The van der Waals surface area contributed by atoms with Crippen molar-refractivity contribution in [2.75, 3.05) is 39.8 Å². The van der Waals surface area contributed by atoms with Crippen LogP contribution in [-0.4, -0.2) is 70.6 Å². The number of halogens is 2. The van der Waals surface area contributed by atoms with Crippen molar-refractivity contribution in [2.45, 2.75) is 6.04 Å². The number of aromatic nitrogens is 3. The van der Waals surface area contributed by atoms with Crippen molar-refractivity contribution in [3.05, 3.63) is 69.2 Å². The highest BCUT2D eigenvalue weighted by atomic mass is 35.5. The van der Waals surface area contributed by atoms with E-state index in [4.69, 9.17) is 21.0 Å². The number of hydrogen-bond donors (Lipinski definition) is 1. The van der Waals surface area contributed by atoms with Gasteiger partial charge in [0.2, 0.25) is 12.3 Å². The zero-order valence-corrected chi connectivity index (χ0v) is 18.9. The fraction of sp³-hybridized carbons (Fsp3) is 0.333. The molecule has 1 fully saturated rings. The SMILES string of the molecule is CN1CCN(CC2=C(c3nnco3)C(c3ccc(F)cc3Cl)N=C(c3nccs3)N2)CC1. The lowest BCUT2D eigenvalue weighted by atomic mass is 9.95. The van der Waals surface area contributed by atoms with Crippen LogP contribution in [0.4, 0.5) is 4.39 Å². The summed E-state index contributed by atoms with van der Waals surface area (Å²) in [5.41, 5.74) is 2.28. The third-order valence-electron chi connectivity index (χ3n) is 5.59. The zero-order valence-electron chi connectivity index (χ0n) is 17.3. The van der Waals surface area contributed by atoms with E-state index in [-0.39, 0.29) is 5.02 Å². The number of nitrogens with one attached hydrogen (secondary N) is 1. The topological polar surface area (TPSA) is 82.7 Å². The number of piperazine rings is 1. The maximum Gasteiger partial charge on any atom is 0.247 e. The molecule has 2 aromatic heterocycles. The van der Waals surface area contributed by atoms with E-state index in [1.807, 2.05) is 5.38 Å². The summed E-state index contributed by atoms with van der Waals surface area (Å²) in [4.78, 5) is 14.0. The molecule has 166 valence electrons. The number of benzene rings is 1. The predicted octanol–water partition coefficient (Wildman–Crippen LogP) is 3.07. The molecule has 1 aromatic carbocycles. The third kappa shape index (κ3) is 4.31. The highest BCUT2D eigenvalue weighted by Crippen LogP contribution is 2.40. The molecule has 3 aromatic rings. The van der Waals surface area contributed by atoms with E-state index in [1.54, 1.807) is 12.3 Å². The lowest BCUT2D eigenvalue weighted by Crippen LogP contribution is -2.47. The molecule has 1 atom stereocenters. The fourth-order valence-corrected chi connectivity index (χ4v) is 4.75. The molecule has 0 aliphatic carbocycles. The van der Waals surface area contributed by atoms with Gasteiger partial charge in [-0.3, -0.25) is 9.89 Å². The van der Waals surface area contributed by atoms with Gasteiger partial charge in [-0.15, -0.1) is 21.5 Å². The van der Waals surface area contributed by atoms with Gasteiger partial charge < -0.3 is 14.6 Å². The summed E-state index contributed by atoms with van der Waals surface area (Å²) in [6, 6.07) is 3.78. The maximum absolute atomic E-state index is 13.8. The van der Waals surface area contributed by atoms with Gasteiger partial charge in [-0.2, -0.15) is 0 Å². The Hall–Kier alpha value is -2.66.